The second-order valence-corrected chi connectivity index (χ2v) is 6.19. The number of nitrogens with one attached hydrogen (secondary N) is 1. The first-order valence-electron chi connectivity index (χ1n) is 7.60. The lowest BCUT2D eigenvalue weighted by molar-refractivity contribution is 0.503. The van der Waals surface area contributed by atoms with Crippen LogP contribution < -0.4 is 4.90 Å². The van der Waals surface area contributed by atoms with E-state index in [1.165, 1.54) is 5.56 Å². The number of hydrogen-bond acceptors (Lipinski definition) is 3. The summed E-state index contributed by atoms with van der Waals surface area (Å²) >= 11 is 5.97. The number of halogens is 1. The van der Waals surface area contributed by atoms with Crippen molar-refractivity contribution in [2.75, 3.05) is 18.0 Å². The molecule has 1 aromatic carbocycles. The highest BCUT2D eigenvalue weighted by molar-refractivity contribution is 6.30. The summed E-state index contributed by atoms with van der Waals surface area (Å²) in [6.07, 6.45) is 5.83. The minimum atomic E-state index is 0.608. The number of rotatable bonds is 2. The van der Waals surface area contributed by atoms with Gasteiger partial charge in [0.05, 0.1) is 5.39 Å². The number of hydrogen-bond donors (Lipinski definition) is 1. The van der Waals surface area contributed by atoms with Crippen LogP contribution in [-0.2, 0) is 0 Å². The molecule has 22 heavy (non-hydrogen) atoms. The van der Waals surface area contributed by atoms with E-state index in [1.807, 2.05) is 18.3 Å². The van der Waals surface area contributed by atoms with Gasteiger partial charge in [0.25, 0.3) is 0 Å². The van der Waals surface area contributed by atoms with Gasteiger partial charge in [-0.25, -0.2) is 9.97 Å². The normalized spacial score (nSPS) is 16.3. The van der Waals surface area contributed by atoms with Crippen LogP contribution in [0.4, 0.5) is 5.82 Å². The second kappa shape index (κ2) is 5.61. The van der Waals surface area contributed by atoms with Crippen LogP contribution in [0.1, 0.15) is 24.3 Å². The van der Waals surface area contributed by atoms with Gasteiger partial charge in [-0.3, -0.25) is 0 Å². The number of fused-ring (bicyclic) bond motifs is 1. The summed E-state index contributed by atoms with van der Waals surface area (Å²) in [5.41, 5.74) is 2.29. The van der Waals surface area contributed by atoms with E-state index in [0.717, 1.165) is 47.8 Å². The SMILES string of the molecule is Clc1ccc(C2CCN(c3ncnc4[nH]ccc34)CC2)cc1. The molecule has 0 radical (unpaired) electrons. The Morgan fingerprint density at radius 1 is 1.05 bits per heavy atom. The fraction of sp³-hybridized carbons (Fsp3) is 0.294. The quantitative estimate of drug-likeness (QED) is 0.778. The van der Waals surface area contributed by atoms with Gasteiger partial charge < -0.3 is 9.88 Å². The predicted octanol–water partition coefficient (Wildman–Crippen LogP) is 4.00. The molecule has 0 unspecified atom stereocenters. The third kappa shape index (κ3) is 2.44. The Kier molecular flexibility index (Phi) is 3.47. The summed E-state index contributed by atoms with van der Waals surface area (Å²) in [6.45, 7) is 2.04. The molecule has 3 aromatic rings. The number of anilines is 1. The summed E-state index contributed by atoms with van der Waals surface area (Å²) in [4.78, 5) is 14.3. The van der Waals surface area contributed by atoms with Gasteiger partial charge >= 0.3 is 0 Å². The predicted molar refractivity (Wildman–Crippen MR) is 89.5 cm³/mol. The molecule has 4 rings (SSSR count). The highest BCUT2D eigenvalue weighted by Crippen LogP contribution is 2.32. The second-order valence-electron chi connectivity index (χ2n) is 5.75. The Labute approximate surface area is 134 Å². The maximum Gasteiger partial charge on any atom is 0.142 e. The lowest BCUT2D eigenvalue weighted by Crippen LogP contribution is -2.33. The van der Waals surface area contributed by atoms with Crippen molar-refractivity contribution in [2.24, 2.45) is 0 Å². The summed E-state index contributed by atoms with van der Waals surface area (Å²) in [5.74, 6) is 1.65. The van der Waals surface area contributed by atoms with Crippen LogP contribution >= 0.6 is 11.6 Å². The number of piperidine rings is 1. The third-order valence-electron chi connectivity index (χ3n) is 4.47. The monoisotopic (exact) mass is 312 g/mol. The molecule has 0 spiro atoms. The van der Waals surface area contributed by atoms with Crippen LogP contribution in [-0.4, -0.2) is 28.0 Å². The highest BCUT2D eigenvalue weighted by atomic mass is 35.5. The van der Waals surface area contributed by atoms with E-state index in [4.69, 9.17) is 11.6 Å². The zero-order chi connectivity index (χ0) is 14.9. The zero-order valence-electron chi connectivity index (χ0n) is 12.2. The molecule has 1 N–H and O–H groups in total. The minimum absolute atomic E-state index is 0.608. The van der Waals surface area contributed by atoms with Crippen molar-refractivity contribution >= 4 is 28.5 Å². The lowest BCUT2D eigenvalue weighted by Gasteiger charge is -2.33. The largest absolute Gasteiger partial charge is 0.356 e. The van der Waals surface area contributed by atoms with Crippen LogP contribution in [0.5, 0.6) is 0 Å². The third-order valence-corrected chi connectivity index (χ3v) is 4.72. The number of aromatic nitrogens is 3. The van der Waals surface area contributed by atoms with E-state index in [0.29, 0.717) is 5.92 Å². The van der Waals surface area contributed by atoms with Crippen molar-refractivity contribution in [2.45, 2.75) is 18.8 Å². The van der Waals surface area contributed by atoms with Gasteiger partial charge in [0, 0.05) is 24.3 Å². The molecule has 0 bridgehead atoms. The van der Waals surface area contributed by atoms with Gasteiger partial charge in [-0.1, -0.05) is 23.7 Å². The van der Waals surface area contributed by atoms with E-state index in [1.54, 1.807) is 6.33 Å². The van der Waals surface area contributed by atoms with Crippen molar-refractivity contribution < 1.29 is 0 Å². The molecule has 0 saturated carbocycles. The highest BCUT2D eigenvalue weighted by Gasteiger charge is 2.22. The summed E-state index contributed by atoms with van der Waals surface area (Å²) in [5, 5.41) is 1.91. The maximum atomic E-state index is 5.97. The molecule has 3 heterocycles. The minimum Gasteiger partial charge on any atom is -0.356 e. The smallest absolute Gasteiger partial charge is 0.142 e. The van der Waals surface area contributed by atoms with Gasteiger partial charge in [0.2, 0.25) is 0 Å². The standard InChI is InChI=1S/C17H17ClN4/c18-14-3-1-12(2-4-14)13-6-9-22(10-7-13)17-15-5-8-19-16(15)20-11-21-17/h1-5,8,11,13H,6-7,9-10H2,(H,19,20,21). The van der Waals surface area contributed by atoms with E-state index >= 15 is 0 Å². The molecular formula is C17H17ClN4. The van der Waals surface area contributed by atoms with Crippen LogP contribution in [0.2, 0.25) is 5.02 Å². The van der Waals surface area contributed by atoms with E-state index in [9.17, 15) is 0 Å². The molecule has 5 heteroatoms. The number of benzene rings is 1. The van der Waals surface area contributed by atoms with Gasteiger partial charge in [-0.2, -0.15) is 0 Å². The Balaban J connectivity index is 1.52. The zero-order valence-corrected chi connectivity index (χ0v) is 12.9. The van der Waals surface area contributed by atoms with Crippen molar-refractivity contribution in [1.29, 1.82) is 0 Å². The summed E-state index contributed by atoms with van der Waals surface area (Å²) in [7, 11) is 0. The Morgan fingerprint density at radius 3 is 2.59 bits per heavy atom. The van der Waals surface area contributed by atoms with Crippen molar-refractivity contribution in [3.63, 3.8) is 0 Å². The van der Waals surface area contributed by atoms with Gasteiger partial charge in [0.1, 0.15) is 17.8 Å². The average Bonchev–Trinajstić information content (AvgIpc) is 3.04. The maximum absolute atomic E-state index is 5.97. The molecule has 4 nitrogen and oxygen atoms in total. The first-order chi connectivity index (χ1) is 10.8. The fourth-order valence-corrected chi connectivity index (χ4v) is 3.40. The number of nitrogens with zero attached hydrogens (tertiary/aromatic N) is 3. The topological polar surface area (TPSA) is 44.8 Å². The average molecular weight is 313 g/mol. The van der Waals surface area contributed by atoms with Crippen molar-refractivity contribution in [3.8, 4) is 0 Å². The number of H-pyrrole nitrogens is 1. The van der Waals surface area contributed by atoms with Gasteiger partial charge in [-0.05, 0) is 42.5 Å². The molecule has 0 amide bonds. The Morgan fingerprint density at radius 2 is 1.82 bits per heavy atom. The van der Waals surface area contributed by atoms with Gasteiger partial charge in [0.15, 0.2) is 0 Å². The molecule has 2 aromatic heterocycles. The summed E-state index contributed by atoms with van der Waals surface area (Å²) < 4.78 is 0. The molecule has 1 aliphatic rings. The van der Waals surface area contributed by atoms with Crippen LogP contribution in [0.15, 0.2) is 42.9 Å². The van der Waals surface area contributed by atoms with E-state index < -0.39 is 0 Å². The lowest BCUT2D eigenvalue weighted by atomic mass is 9.89. The molecule has 0 aliphatic carbocycles. The van der Waals surface area contributed by atoms with Gasteiger partial charge in [-0.15, -0.1) is 0 Å². The molecule has 0 atom stereocenters. The van der Waals surface area contributed by atoms with Crippen molar-refractivity contribution in [1.82, 2.24) is 15.0 Å². The van der Waals surface area contributed by atoms with Crippen LogP contribution in [0.3, 0.4) is 0 Å². The number of aromatic amines is 1. The Hall–Kier alpha value is -2.07. The van der Waals surface area contributed by atoms with E-state index in [-0.39, 0.29) is 0 Å². The summed E-state index contributed by atoms with van der Waals surface area (Å²) in [6, 6.07) is 10.3. The Bertz CT molecular complexity index is 773. The van der Waals surface area contributed by atoms with Crippen molar-refractivity contribution in [3.05, 3.63) is 53.4 Å². The fourth-order valence-electron chi connectivity index (χ4n) is 3.27. The molecular weight excluding hydrogens is 296 g/mol. The first kappa shape index (κ1) is 13.6. The molecule has 1 saturated heterocycles. The van der Waals surface area contributed by atoms with E-state index in [2.05, 4.69) is 38.1 Å². The first-order valence-corrected chi connectivity index (χ1v) is 7.97. The van der Waals surface area contributed by atoms with Crippen LogP contribution in [0.25, 0.3) is 11.0 Å². The van der Waals surface area contributed by atoms with Crippen LogP contribution in [0, 0.1) is 0 Å². The molecule has 1 aliphatic heterocycles. The molecule has 112 valence electrons. The molecule has 1 fully saturated rings.